The lowest BCUT2D eigenvalue weighted by atomic mass is 9.93. The van der Waals surface area contributed by atoms with Gasteiger partial charge < -0.3 is 0 Å². The minimum atomic E-state index is 0.302. The number of hydrogen-bond acceptors (Lipinski definition) is 1. The van der Waals surface area contributed by atoms with Crippen molar-refractivity contribution < 1.29 is 4.79 Å². The minimum absolute atomic E-state index is 0.302. The molecule has 1 aromatic carbocycles. The first-order valence-electron chi connectivity index (χ1n) is 5.39. The quantitative estimate of drug-likeness (QED) is 0.650. The standard InChI is InChI=1S/C13H16O/c1-10-6-2-5-9-12(10)13(14)11-7-3-4-8-11/h2,5-6,9,11H,3-4,7-8H2,1H3. The third-order valence-corrected chi connectivity index (χ3v) is 3.14. The second-order valence-corrected chi connectivity index (χ2v) is 4.16. The minimum Gasteiger partial charge on any atom is -0.294 e. The van der Waals surface area contributed by atoms with Gasteiger partial charge in [-0.05, 0) is 25.3 Å². The Bertz CT molecular complexity index is 335. The van der Waals surface area contributed by atoms with Crippen LogP contribution >= 0.6 is 0 Å². The molecule has 0 saturated heterocycles. The second kappa shape index (κ2) is 3.95. The van der Waals surface area contributed by atoms with Gasteiger partial charge in [0.15, 0.2) is 5.78 Å². The number of hydrogen-bond donors (Lipinski definition) is 0. The van der Waals surface area contributed by atoms with Gasteiger partial charge in [-0.15, -0.1) is 0 Å². The third-order valence-electron chi connectivity index (χ3n) is 3.14. The summed E-state index contributed by atoms with van der Waals surface area (Å²) in [6.45, 7) is 2.02. The summed E-state index contributed by atoms with van der Waals surface area (Å²) < 4.78 is 0. The fourth-order valence-electron chi connectivity index (χ4n) is 2.26. The lowest BCUT2D eigenvalue weighted by Crippen LogP contribution is -2.12. The molecule has 0 unspecified atom stereocenters. The summed E-state index contributed by atoms with van der Waals surface area (Å²) >= 11 is 0. The number of ketones is 1. The maximum Gasteiger partial charge on any atom is 0.166 e. The maximum absolute atomic E-state index is 12.1. The smallest absolute Gasteiger partial charge is 0.166 e. The molecule has 0 amide bonds. The molecule has 1 fully saturated rings. The molecule has 1 heteroatoms. The van der Waals surface area contributed by atoms with Crippen LogP contribution in [0.4, 0.5) is 0 Å². The van der Waals surface area contributed by atoms with E-state index in [1.165, 1.54) is 12.8 Å². The van der Waals surface area contributed by atoms with Crippen molar-refractivity contribution in [2.75, 3.05) is 0 Å². The van der Waals surface area contributed by atoms with Crippen molar-refractivity contribution in [2.45, 2.75) is 32.6 Å². The lowest BCUT2D eigenvalue weighted by Gasteiger charge is -2.09. The molecule has 0 heterocycles. The molecule has 2 rings (SSSR count). The molecular weight excluding hydrogens is 172 g/mol. The normalized spacial score (nSPS) is 17.2. The number of rotatable bonds is 2. The number of benzene rings is 1. The molecule has 0 aromatic heterocycles. The number of Topliss-reactive ketones (excluding diaryl/α,β-unsaturated/α-hetero) is 1. The molecule has 0 radical (unpaired) electrons. The Morgan fingerprint density at radius 2 is 1.86 bits per heavy atom. The largest absolute Gasteiger partial charge is 0.294 e. The van der Waals surface area contributed by atoms with E-state index in [9.17, 15) is 4.79 Å². The Morgan fingerprint density at radius 1 is 1.21 bits per heavy atom. The van der Waals surface area contributed by atoms with Crippen molar-refractivity contribution in [1.29, 1.82) is 0 Å². The highest BCUT2D eigenvalue weighted by Gasteiger charge is 2.24. The predicted molar refractivity (Wildman–Crippen MR) is 57.5 cm³/mol. The molecule has 0 N–H and O–H groups in total. The Hall–Kier alpha value is -1.11. The zero-order valence-corrected chi connectivity index (χ0v) is 8.62. The molecule has 0 atom stereocenters. The van der Waals surface area contributed by atoms with Crippen LogP contribution in [0.5, 0.6) is 0 Å². The molecule has 14 heavy (non-hydrogen) atoms. The van der Waals surface area contributed by atoms with Crippen molar-refractivity contribution in [3.8, 4) is 0 Å². The zero-order valence-electron chi connectivity index (χ0n) is 8.62. The van der Waals surface area contributed by atoms with Crippen LogP contribution < -0.4 is 0 Å². The third kappa shape index (κ3) is 1.72. The molecule has 0 bridgehead atoms. The van der Waals surface area contributed by atoms with E-state index in [2.05, 4.69) is 0 Å². The Morgan fingerprint density at radius 3 is 2.50 bits per heavy atom. The fourth-order valence-corrected chi connectivity index (χ4v) is 2.26. The van der Waals surface area contributed by atoms with Crippen molar-refractivity contribution in [2.24, 2.45) is 5.92 Å². The van der Waals surface area contributed by atoms with Crippen LogP contribution in [-0.2, 0) is 0 Å². The predicted octanol–water partition coefficient (Wildman–Crippen LogP) is 3.37. The maximum atomic E-state index is 12.1. The topological polar surface area (TPSA) is 17.1 Å². The molecule has 0 aliphatic heterocycles. The second-order valence-electron chi connectivity index (χ2n) is 4.16. The summed E-state index contributed by atoms with van der Waals surface area (Å²) in [7, 11) is 0. The van der Waals surface area contributed by atoms with E-state index < -0.39 is 0 Å². The molecule has 1 aliphatic rings. The molecule has 1 nitrogen and oxygen atoms in total. The molecule has 1 aromatic rings. The van der Waals surface area contributed by atoms with Gasteiger partial charge in [-0.2, -0.15) is 0 Å². The van der Waals surface area contributed by atoms with Gasteiger partial charge in [-0.25, -0.2) is 0 Å². The van der Waals surface area contributed by atoms with Crippen LogP contribution in [0, 0.1) is 12.8 Å². The number of carbonyl (C=O) groups excluding carboxylic acids is 1. The van der Waals surface area contributed by atoms with Crippen molar-refractivity contribution in [1.82, 2.24) is 0 Å². The van der Waals surface area contributed by atoms with Crippen LogP contribution in [0.25, 0.3) is 0 Å². The van der Waals surface area contributed by atoms with Gasteiger partial charge in [0.2, 0.25) is 0 Å². The van der Waals surface area contributed by atoms with E-state index in [4.69, 9.17) is 0 Å². The zero-order chi connectivity index (χ0) is 9.97. The molecule has 74 valence electrons. The van der Waals surface area contributed by atoms with Crippen LogP contribution in [0.15, 0.2) is 24.3 Å². The average Bonchev–Trinajstić information content (AvgIpc) is 2.70. The monoisotopic (exact) mass is 188 g/mol. The molecule has 0 spiro atoms. The SMILES string of the molecule is Cc1ccccc1C(=O)C1CCCC1. The van der Waals surface area contributed by atoms with Gasteiger partial charge in [0.05, 0.1) is 0 Å². The summed E-state index contributed by atoms with van der Waals surface area (Å²) in [5.74, 6) is 0.664. The first-order chi connectivity index (χ1) is 6.79. The lowest BCUT2D eigenvalue weighted by molar-refractivity contribution is 0.0922. The van der Waals surface area contributed by atoms with Crippen LogP contribution in [0.2, 0.25) is 0 Å². The first-order valence-corrected chi connectivity index (χ1v) is 5.39. The summed E-state index contributed by atoms with van der Waals surface area (Å²) in [5, 5.41) is 0. The summed E-state index contributed by atoms with van der Waals surface area (Å²) in [5.41, 5.74) is 2.05. The highest BCUT2D eigenvalue weighted by Crippen LogP contribution is 2.28. The highest BCUT2D eigenvalue weighted by atomic mass is 16.1. The van der Waals surface area contributed by atoms with E-state index in [-0.39, 0.29) is 0 Å². The van der Waals surface area contributed by atoms with E-state index >= 15 is 0 Å². The molecule has 1 aliphatic carbocycles. The van der Waals surface area contributed by atoms with Gasteiger partial charge in [0.25, 0.3) is 0 Å². The Labute approximate surface area is 85.1 Å². The highest BCUT2D eigenvalue weighted by molar-refractivity contribution is 5.99. The van der Waals surface area contributed by atoms with Gasteiger partial charge in [-0.3, -0.25) is 4.79 Å². The summed E-state index contributed by atoms with van der Waals surface area (Å²) in [4.78, 5) is 12.1. The summed E-state index contributed by atoms with van der Waals surface area (Å²) in [6, 6.07) is 7.91. The van der Waals surface area contributed by atoms with E-state index in [1.807, 2.05) is 31.2 Å². The van der Waals surface area contributed by atoms with Gasteiger partial charge in [0, 0.05) is 11.5 Å². The Balaban J connectivity index is 2.22. The van der Waals surface area contributed by atoms with E-state index in [0.717, 1.165) is 24.0 Å². The molecule has 1 saturated carbocycles. The van der Waals surface area contributed by atoms with E-state index in [0.29, 0.717) is 11.7 Å². The average molecular weight is 188 g/mol. The number of carbonyl (C=O) groups is 1. The van der Waals surface area contributed by atoms with Crippen molar-refractivity contribution in [3.05, 3.63) is 35.4 Å². The summed E-state index contributed by atoms with van der Waals surface area (Å²) in [6.07, 6.45) is 4.63. The van der Waals surface area contributed by atoms with Crippen molar-refractivity contribution >= 4 is 5.78 Å². The Kier molecular flexibility index (Phi) is 2.67. The number of aryl methyl sites for hydroxylation is 1. The van der Waals surface area contributed by atoms with Gasteiger partial charge in [0.1, 0.15) is 0 Å². The van der Waals surface area contributed by atoms with E-state index in [1.54, 1.807) is 0 Å². The first kappa shape index (κ1) is 9.45. The van der Waals surface area contributed by atoms with Gasteiger partial charge in [-0.1, -0.05) is 37.1 Å². The van der Waals surface area contributed by atoms with Crippen LogP contribution in [0.1, 0.15) is 41.6 Å². The van der Waals surface area contributed by atoms with Gasteiger partial charge >= 0.3 is 0 Å². The van der Waals surface area contributed by atoms with Crippen molar-refractivity contribution in [3.63, 3.8) is 0 Å². The fraction of sp³-hybridized carbons (Fsp3) is 0.462. The van der Waals surface area contributed by atoms with Crippen LogP contribution in [-0.4, -0.2) is 5.78 Å². The molecular formula is C13H16O. The van der Waals surface area contributed by atoms with Crippen LogP contribution in [0.3, 0.4) is 0 Å².